The molecule has 0 aromatic rings. The lowest BCUT2D eigenvalue weighted by Gasteiger charge is -2.34. The standard InChI is InChI=1S/C14H24N2O3/c1-3-10-8-11(12(9-10)14(18)19)13(17)16-6-4-15(2)5-7-16/h10-12H,3-9H2,1-2H3,(H,18,19). The van der Waals surface area contributed by atoms with E-state index in [-0.39, 0.29) is 11.8 Å². The van der Waals surface area contributed by atoms with Gasteiger partial charge in [-0.25, -0.2) is 0 Å². The third-order valence-corrected chi connectivity index (χ3v) is 4.69. The van der Waals surface area contributed by atoms with E-state index in [1.165, 1.54) is 0 Å². The lowest BCUT2D eigenvalue weighted by Crippen LogP contribution is -2.49. The number of hydrogen-bond acceptors (Lipinski definition) is 3. The van der Waals surface area contributed by atoms with Gasteiger partial charge in [-0.2, -0.15) is 0 Å². The van der Waals surface area contributed by atoms with E-state index in [0.29, 0.717) is 12.3 Å². The third-order valence-electron chi connectivity index (χ3n) is 4.69. The highest BCUT2D eigenvalue weighted by Crippen LogP contribution is 2.39. The van der Waals surface area contributed by atoms with Gasteiger partial charge in [0, 0.05) is 26.2 Å². The second-order valence-electron chi connectivity index (χ2n) is 5.93. The summed E-state index contributed by atoms with van der Waals surface area (Å²) >= 11 is 0. The van der Waals surface area contributed by atoms with Gasteiger partial charge in [0.1, 0.15) is 0 Å². The van der Waals surface area contributed by atoms with Crippen LogP contribution in [0.25, 0.3) is 0 Å². The molecule has 2 aliphatic rings. The molecule has 1 N–H and O–H groups in total. The van der Waals surface area contributed by atoms with Gasteiger partial charge in [0.15, 0.2) is 0 Å². The van der Waals surface area contributed by atoms with Crippen LogP contribution in [0.5, 0.6) is 0 Å². The summed E-state index contributed by atoms with van der Waals surface area (Å²) in [5.41, 5.74) is 0. The Morgan fingerprint density at radius 1 is 1.11 bits per heavy atom. The van der Waals surface area contributed by atoms with Gasteiger partial charge < -0.3 is 14.9 Å². The van der Waals surface area contributed by atoms with Crippen molar-refractivity contribution in [3.63, 3.8) is 0 Å². The number of aliphatic carboxylic acids is 1. The molecular weight excluding hydrogens is 244 g/mol. The molecule has 1 saturated carbocycles. The molecule has 1 aliphatic heterocycles. The van der Waals surface area contributed by atoms with Crippen LogP contribution in [0.15, 0.2) is 0 Å². The zero-order valence-corrected chi connectivity index (χ0v) is 11.8. The van der Waals surface area contributed by atoms with E-state index in [0.717, 1.165) is 39.0 Å². The summed E-state index contributed by atoms with van der Waals surface area (Å²) in [5, 5.41) is 9.31. The predicted octanol–water partition coefficient (Wildman–Crippen LogP) is 0.897. The smallest absolute Gasteiger partial charge is 0.307 e. The summed E-state index contributed by atoms with van der Waals surface area (Å²) in [7, 11) is 2.05. The van der Waals surface area contributed by atoms with Gasteiger partial charge in [-0.3, -0.25) is 9.59 Å². The van der Waals surface area contributed by atoms with E-state index in [9.17, 15) is 14.7 Å². The minimum atomic E-state index is -0.802. The minimum absolute atomic E-state index is 0.0662. The Morgan fingerprint density at radius 3 is 2.21 bits per heavy atom. The molecular formula is C14H24N2O3. The Hall–Kier alpha value is -1.10. The molecule has 1 amide bonds. The molecule has 2 fully saturated rings. The molecule has 1 aliphatic carbocycles. The van der Waals surface area contributed by atoms with E-state index in [4.69, 9.17) is 0 Å². The van der Waals surface area contributed by atoms with Gasteiger partial charge in [-0.1, -0.05) is 13.3 Å². The summed E-state index contributed by atoms with van der Waals surface area (Å²) in [6.07, 6.45) is 2.38. The summed E-state index contributed by atoms with van der Waals surface area (Å²) in [5.74, 6) is -1.12. The predicted molar refractivity (Wildman–Crippen MR) is 71.7 cm³/mol. The Bertz CT molecular complexity index is 351. The molecule has 1 saturated heterocycles. The van der Waals surface area contributed by atoms with Crippen LogP contribution in [0.4, 0.5) is 0 Å². The number of nitrogens with zero attached hydrogens (tertiary/aromatic N) is 2. The fraction of sp³-hybridized carbons (Fsp3) is 0.857. The third kappa shape index (κ3) is 3.08. The van der Waals surface area contributed by atoms with Crippen molar-refractivity contribution in [1.82, 2.24) is 9.80 Å². The largest absolute Gasteiger partial charge is 0.481 e. The second kappa shape index (κ2) is 5.90. The van der Waals surface area contributed by atoms with Crippen molar-refractivity contribution in [2.45, 2.75) is 26.2 Å². The quantitative estimate of drug-likeness (QED) is 0.826. The molecule has 0 spiro atoms. The van der Waals surface area contributed by atoms with E-state index in [1.807, 2.05) is 11.9 Å². The number of piperazine rings is 1. The average molecular weight is 268 g/mol. The lowest BCUT2D eigenvalue weighted by atomic mass is 9.94. The zero-order valence-electron chi connectivity index (χ0n) is 11.8. The molecule has 19 heavy (non-hydrogen) atoms. The van der Waals surface area contributed by atoms with Crippen LogP contribution in [-0.2, 0) is 9.59 Å². The van der Waals surface area contributed by atoms with Gasteiger partial charge in [0.2, 0.25) is 5.91 Å². The molecule has 0 bridgehead atoms. The van der Waals surface area contributed by atoms with Gasteiger partial charge in [0.05, 0.1) is 11.8 Å². The molecule has 0 aromatic carbocycles. The first-order chi connectivity index (χ1) is 9.02. The van der Waals surface area contributed by atoms with Crippen LogP contribution in [0, 0.1) is 17.8 Å². The highest BCUT2D eigenvalue weighted by molar-refractivity contribution is 5.85. The van der Waals surface area contributed by atoms with Crippen LogP contribution in [0.1, 0.15) is 26.2 Å². The molecule has 0 radical (unpaired) electrons. The Balaban J connectivity index is 2.02. The van der Waals surface area contributed by atoms with Crippen molar-refractivity contribution in [2.24, 2.45) is 17.8 Å². The van der Waals surface area contributed by atoms with Gasteiger partial charge in [-0.05, 0) is 25.8 Å². The highest BCUT2D eigenvalue weighted by atomic mass is 16.4. The number of likely N-dealkylation sites (N-methyl/N-ethyl adjacent to an activating group) is 1. The maximum Gasteiger partial charge on any atom is 0.307 e. The number of carbonyl (C=O) groups excluding carboxylic acids is 1. The van der Waals surface area contributed by atoms with Crippen molar-refractivity contribution in [1.29, 1.82) is 0 Å². The number of hydrogen-bond donors (Lipinski definition) is 1. The number of carbonyl (C=O) groups is 2. The Labute approximate surface area is 114 Å². The molecule has 0 aromatic heterocycles. The number of rotatable bonds is 3. The Morgan fingerprint density at radius 2 is 1.68 bits per heavy atom. The molecule has 1 heterocycles. The molecule has 3 unspecified atom stereocenters. The van der Waals surface area contributed by atoms with E-state index in [2.05, 4.69) is 11.8 Å². The van der Waals surface area contributed by atoms with E-state index < -0.39 is 11.9 Å². The first-order valence-corrected chi connectivity index (χ1v) is 7.23. The van der Waals surface area contributed by atoms with Crippen molar-refractivity contribution in [3.05, 3.63) is 0 Å². The van der Waals surface area contributed by atoms with E-state index in [1.54, 1.807) is 0 Å². The molecule has 108 valence electrons. The highest BCUT2D eigenvalue weighted by Gasteiger charge is 2.43. The van der Waals surface area contributed by atoms with Gasteiger partial charge in [0.25, 0.3) is 0 Å². The number of carboxylic acids is 1. The fourth-order valence-corrected chi connectivity index (χ4v) is 3.28. The van der Waals surface area contributed by atoms with Crippen molar-refractivity contribution < 1.29 is 14.7 Å². The van der Waals surface area contributed by atoms with Crippen LogP contribution in [0.3, 0.4) is 0 Å². The first kappa shape index (κ1) is 14.3. The van der Waals surface area contributed by atoms with E-state index >= 15 is 0 Å². The summed E-state index contributed by atoms with van der Waals surface area (Å²) in [6, 6.07) is 0. The van der Waals surface area contributed by atoms with Crippen molar-refractivity contribution >= 4 is 11.9 Å². The number of carboxylic acid groups (broad SMARTS) is 1. The lowest BCUT2D eigenvalue weighted by molar-refractivity contribution is -0.149. The summed E-state index contributed by atoms with van der Waals surface area (Å²) < 4.78 is 0. The minimum Gasteiger partial charge on any atom is -0.481 e. The van der Waals surface area contributed by atoms with Gasteiger partial charge in [-0.15, -0.1) is 0 Å². The van der Waals surface area contributed by atoms with Crippen LogP contribution >= 0.6 is 0 Å². The van der Waals surface area contributed by atoms with Crippen molar-refractivity contribution in [3.8, 4) is 0 Å². The molecule has 5 nitrogen and oxygen atoms in total. The molecule has 2 rings (SSSR count). The monoisotopic (exact) mass is 268 g/mol. The second-order valence-corrected chi connectivity index (χ2v) is 5.93. The SMILES string of the molecule is CCC1CC(C(=O)O)C(C(=O)N2CCN(C)CC2)C1. The van der Waals surface area contributed by atoms with Crippen LogP contribution in [-0.4, -0.2) is 60.0 Å². The Kier molecular flexibility index (Phi) is 4.45. The molecule has 3 atom stereocenters. The maximum absolute atomic E-state index is 12.5. The topological polar surface area (TPSA) is 60.9 Å². The zero-order chi connectivity index (χ0) is 14.0. The van der Waals surface area contributed by atoms with Crippen molar-refractivity contribution in [2.75, 3.05) is 33.2 Å². The maximum atomic E-state index is 12.5. The summed E-state index contributed by atoms with van der Waals surface area (Å²) in [4.78, 5) is 27.9. The first-order valence-electron chi connectivity index (χ1n) is 7.23. The summed E-state index contributed by atoms with van der Waals surface area (Å²) in [6.45, 7) is 5.30. The van der Waals surface area contributed by atoms with Crippen LogP contribution in [0.2, 0.25) is 0 Å². The average Bonchev–Trinajstić information content (AvgIpc) is 2.83. The number of amides is 1. The van der Waals surface area contributed by atoms with Crippen LogP contribution < -0.4 is 0 Å². The fourth-order valence-electron chi connectivity index (χ4n) is 3.28. The van der Waals surface area contributed by atoms with Gasteiger partial charge >= 0.3 is 5.97 Å². The molecule has 5 heteroatoms. The normalized spacial score (nSPS) is 32.5.